The van der Waals surface area contributed by atoms with Crippen LogP contribution in [-0.4, -0.2) is 17.9 Å². The molecule has 1 N–H and O–H groups in total. The monoisotopic (exact) mass is 536 g/mol. The van der Waals surface area contributed by atoms with E-state index in [-0.39, 0.29) is 11.7 Å². The summed E-state index contributed by atoms with van der Waals surface area (Å²) in [6, 6.07) is 23.2. The Morgan fingerprint density at radius 2 is 1.86 bits per heavy atom. The lowest BCUT2D eigenvalue weighted by atomic mass is 10.2. The fourth-order valence-corrected chi connectivity index (χ4v) is 3.85. The van der Waals surface area contributed by atoms with Crippen molar-refractivity contribution in [1.29, 1.82) is 0 Å². The summed E-state index contributed by atoms with van der Waals surface area (Å²) in [5, 5.41) is 4.70. The molecule has 0 unspecified atom stereocenters. The van der Waals surface area contributed by atoms with Gasteiger partial charge in [-0.3, -0.25) is 4.79 Å². The van der Waals surface area contributed by atoms with Crippen molar-refractivity contribution in [3.8, 4) is 5.75 Å². The molecule has 0 saturated heterocycles. The van der Waals surface area contributed by atoms with Gasteiger partial charge < -0.3 is 4.74 Å². The van der Waals surface area contributed by atoms with Crippen LogP contribution in [0, 0.1) is 3.57 Å². The number of hydrogen-bond donors (Lipinski definition) is 1. The first-order valence-corrected chi connectivity index (χ1v) is 11.2. The van der Waals surface area contributed by atoms with E-state index in [0.29, 0.717) is 11.6 Å². The van der Waals surface area contributed by atoms with Crippen LogP contribution in [-0.2, 0) is 11.4 Å². The first kappa shape index (κ1) is 21.7. The molecular formula is C22H18ClIN2O2S. The second-order valence-electron chi connectivity index (χ2n) is 6.00. The van der Waals surface area contributed by atoms with Crippen molar-refractivity contribution < 1.29 is 9.53 Å². The minimum Gasteiger partial charge on any atom is -0.488 e. The van der Waals surface area contributed by atoms with Crippen LogP contribution in [0.5, 0.6) is 5.75 Å². The normalized spacial score (nSPS) is 10.8. The molecule has 0 bridgehead atoms. The van der Waals surface area contributed by atoms with Crippen molar-refractivity contribution in [2.75, 3.05) is 5.75 Å². The molecule has 3 aromatic carbocycles. The number of ether oxygens (including phenoxy) is 1. The summed E-state index contributed by atoms with van der Waals surface area (Å²) in [4.78, 5) is 12.9. The van der Waals surface area contributed by atoms with E-state index in [1.807, 2.05) is 60.7 Å². The molecule has 0 fully saturated rings. The van der Waals surface area contributed by atoms with Gasteiger partial charge in [-0.2, -0.15) is 5.10 Å². The van der Waals surface area contributed by atoms with E-state index >= 15 is 0 Å². The zero-order chi connectivity index (χ0) is 20.5. The van der Waals surface area contributed by atoms with Crippen LogP contribution in [0.4, 0.5) is 0 Å². The van der Waals surface area contributed by atoms with Gasteiger partial charge in [-0.05, 0) is 76.2 Å². The zero-order valence-corrected chi connectivity index (χ0v) is 19.1. The van der Waals surface area contributed by atoms with Crippen molar-refractivity contribution in [2.45, 2.75) is 11.5 Å². The van der Waals surface area contributed by atoms with E-state index in [1.54, 1.807) is 18.3 Å². The Bertz CT molecular complexity index is 982. The van der Waals surface area contributed by atoms with Gasteiger partial charge in [0.2, 0.25) is 5.91 Å². The first-order chi connectivity index (χ1) is 14.1. The van der Waals surface area contributed by atoms with Gasteiger partial charge in [-0.1, -0.05) is 41.9 Å². The van der Waals surface area contributed by atoms with Crippen LogP contribution >= 0.6 is 46.0 Å². The van der Waals surface area contributed by atoms with E-state index in [0.717, 1.165) is 25.3 Å². The standard InChI is InChI=1S/C22H18ClIN2O2S/c23-18-7-9-19(10-8-18)29-15-22(27)26-25-13-17-6-11-21(20(24)12-17)28-14-16-4-2-1-3-5-16/h1-13H,14-15H2,(H,26,27)/b25-13-. The molecule has 0 aliphatic carbocycles. The van der Waals surface area contributed by atoms with E-state index in [2.05, 4.69) is 33.1 Å². The van der Waals surface area contributed by atoms with Gasteiger partial charge in [-0.25, -0.2) is 5.43 Å². The minimum absolute atomic E-state index is 0.168. The summed E-state index contributed by atoms with van der Waals surface area (Å²) in [7, 11) is 0. The predicted octanol–water partition coefficient (Wildman–Crippen LogP) is 5.77. The number of carbonyl (C=O) groups is 1. The maximum absolute atomic E-state index is 11.9. The highest BCUT2D eigenvalue weighted by Crippen LogP contribution is 2.23. The number of hydrazone groups is 1. The molecule has 3 aromatic rings. The van der Waals surface area contributed by atoms with Gasteiger partial charge in [0.15, 0.2) is 0 Å². The van der Waals surface area contributed by atoms with E-state index in [1.165, 1.54) is 11.8 Å². The topological polar surface area (TPSA) is 50.7 Å². The highest BCUT2D eigenvalue weighted by Gasteiger charge is 2.04. The number of halogens is 2. The first-order valence-electron chi connectivity index (χ1n) is 8.77. The highest BCUT2D eigenvalue weighted by molar-refractivity contribution is 14.1. The van der Waals surface area contributed by atoms with Crippen LogP contribution in [0.1, 0.15) is 11.1 Å². The van der Waals surface area contributed by atoms with Gasteiger partial charge in [0, 0.05) is 9.92 Å². The summed E-state index contributed by atoms with van der Waals surface area (Å²) in [5.74, 6) is 0.927. The number of rotatable bonds is 8. The van der Waals surface area contributed by atoms with Gasteiger partial charge in [0.1, 0.15) is 12.4 Å². The highest BCUT2D eigenvalue weighted by atomic mass is 127. The van der Waals surface area contributed by atoms with E-state index in [4.69, 9.17) is 16.3 Å². The number of amides is 1. The van der Waals surface area contributed by atoms with Gasteiger partial charge >= 0.3 is 0 Å². The number of hydrogen-bond acceptors (Lipinski definition) is 4. The molecule has 0 radical (unpaired) electrons. The number of carbonyl (C=O) groups excluding carboxylic acids is 1. The summed E-state index contributed by atoms with van der Waals surface area (Å²) < 4.78 is 6.85. The third-order valence-corrected chi connectivity index (χ3v) is 5.89. The Balaban J connectivity index is 1.46. The summed E-state index contributed by atoms with van der Waals surface area (Å²) >= 11 is 9.51. The second-order valence-corrected chi connectivity index (χ2v) is 8.65. The number of benzene rings is 3. The quantitative estimate of drug-likeness (QED) is 0.172. The molecule has 0 spiro atoms. The smallest absolute Gasteiger partial charge is 0.250 e. The molecule has 0 saturated carbocycles. The molecule has 0 heterocycles. The fraction of sp³-hybridized carbons (Fsp3) is 0.0909. The SMILES string of the molecule is O=C(CSc1ccc(Cl)cc1)N/N=C\c1ccc(OCc2ccccc2)c(I)c1. The molecule has 148 valence electrons. The van der Waals surface area contributed by atoms with Crippen molar-refractivity contribution in [3.05, 3.63) is 92.5 Å². The van der Waals surface area contributed by atoms with Gasteiger partial charge in [0.05, 0.1) is 15.5 Å². The Labute approximate surface area is 192 Å². The van der Waals surface area contributed by atoms with Gasteiger partial charge in [-0.15, -0.1) is 11.8 Å². The number of nitrogens with zero attached hydrogens (tertiary/aromatic N) is 1. The Kier molecular flexibility index (Phi) is 8.39. The number of nitrogens with one attached hydrogen (secondary N) is 1. The van der Waals surface area contributed by atoms with E-state index in [9.17, 15) is 4.79 Å². The Morgan fingerprint density at radius 1 is 1.10 bits per heavy atom. The summed E-state index contributed by atoms with van der Waals surface area (Å²) in [6.07, 6.45) is 1.62. The lowest BCUT2D eigenvalue weighted by molar-refractivity contribution is -0.118. The maximum Gasteiger partial charge on any atom is 0.250 e. The summed E-state index contributed by atoms with van der Waals surface area (Å²) in [5.41, 5.74) is 4.54. The number of thioether (sulfide) groups is 1. The third kappa shape index (κ3) is 7.38. The fourth-order valence-electron chi connectivity index (χ4n) is 2.34. The molecule has 0 aliphatic heterocycles. The lowest BCUT2D eigenvalue weighted by Gasteiger charge is -2.09. The van der Waals surface area contributed by atoms with Crippen molar-refractivity contribution in [1.82, 2.24) is 5.43 Å². The van der Waals surface area contributed by atoms with Crippen LogP contribution in [0.2, 0.25) is 5.02 Å². The van der Waals surface area contributed by atoms with Crippen molar-refractivity contribution in [3.63, 3.8) is 0 Å². The largest absolute Gasteiger partial charge is 0.488 e. The lowest BCUT2D eigenvalue weighted by Crippen LogP contribution is -2.19. The van der Waals surface area contributed by atoms with Crippen LogP contribution in [0.15, 0.2) is 82.8 Å². The van der Waals surface area contributed by atoms with Crippen molar-refractivity contribution >= 4 is 58.1 Å². The molecule has 0 aromatic heterocycles. The minimum atomic E-state index is -0.168. The molecule has 29 heavy (non-hydrogen) atoms. The average molecular weight is 537 g/mol. The summed E-state index contributed by atoms with van der Waals surface area (Å²) in [6.45, 7) is 0.519. The predicted molar refractivity (Wildman–Crippen MR) is 128 cm³/mol. The van der Waals surface area contributed by atoms with Crippen molar-refractivity contribution in [2.24, 2.45) is 5.10 Å². The van der Waals surface area contributed by atoms with Gasteiger partial charge in [0.25, 0.3) is 0 Å². The van der Waals surface area contributed by atoms with E-state index < -0.39 is 0 Å². The Morgan fingerprint density at radius 3 is 2.59 bits per heavy atom. The molecule has 0 atom stereocenters. The van der Waals surface area contributed by atoms with Crippen LogP contribution in [0.3, 0.4) is 0 Å². The Hall–Kier alpha value is -2.03. The maximum atomic E-state index is 11.9. The molecule has 1 amide bonds. The molecule has 3 rings (SSSR count). The van der Waals surface area contributed by atoms with Crippen LogP contribution in [0.25, 0.3) is 0 Å². The van der Waals surface area contributed by atoms with Crippen LogP contribution < -0.4 is 10.2 Å². The average Bonchev–Trinajstić information content (AvgIpc) is 2.73. The molecule has 7 heteroatoms. The zero-order valence-electron chi connectivity index (χ0n) is 15.3. The molecule has 4 nitrogen and oxygen atoms in total. The second kappa shape index (κ2) is 11.2. The molecule has 0 aliphatic rings. The molecular weight excluding hydrogens is 519 g/mol. The third-order valence-electron chi connectivity index (χ3n) is 3.78.